The molecule has 0 spiro atoms. The summed E-state index contributed by atoms with van der Waals surface area (Å²) in [5.41, 5.74) is -0.923. The number of benzene rings is 1. The predicted octanol–water partition coefficient (Wildman–Crippen LogP) is 1.56. The summed E-state index contributed by atoms with van der Waals surface area (Å²) in [6, 6.07) is 3.10. The zero-order chi connectivity index (χ0) is 14.9. The van der Waals surface area contributed by atoms with Crippen LogP contribution < -0.4 is 5.32 Å². The highest BCUT2D eigenvalue weighted by Crippen LogP contribution is 2.23. The summed E-state index contributed by atoms with van der Waals surface area (Å²) < 4.78 is 13.9. The van der Waals surface area contributed by atoms with Crippen molar-refractivity contribution in [1.82, 2.24) is 10.2 Å². The van der Waals surface area contributed by atoms with Crippen LogP contribution in [-0.2, 0) is 0 Å². The van der Waals surface area contributed by atoms with Crippen molar-refractivity contribution in [2.24, 2.45) is 0 Å². The van der Waals surface area contributed by atoms with E-state index in [4.69, 9.17) is 0 Å². The van der Waals surface area contributed by atoms with E-state index in [1.165, 1.54) is 6.07 Å². The minimum atomic E-state index is -0.862. The number of nitrogens with one attached hydrogen (secondary N) is 1. The minimum Gasteiger partial charge on any atom is -0.331 e. The lowest BCUT2D eigenvalue weighted by Crippen LogP contribution is -2.59. The van der Waals surface area contributed by atoms with Crippen molar-refractivity contribution >= 4 is 11.6 Å². The molecule has 0 saturated carbocycles. The Labute approximate surface area is 115 Å². The summed E-state index contributed by atoms with van der Waals surface area (Å²) in [6.07, 6.45) is 0. The van der Waals surface area contributed by atoms with Crippen molar-refractivity contribution in [3.63, 3.8) is 0 Å². The summed E-state index contributed by atoms with van der Waals surface area (Å²) in [7, 11) is 0. The number of amides is 1. The van der Waals surface area contributed by atoms with Gasteiger partial charge in [0.1, 0.15) is 5.82 Å². The quantitative estimate of drug-likeness (QED) is 0.659. The molecule has 1 saturated heterocycles. The van der Waals surface area contributed by atoms with Gasteiger partial charge in [-0.2, -0.15) is 0 Å². The molecule has 1 aliphatic heterocycles. The van der Waals surface area contributed by atoms with Crippen molar-refractivity contribution in [1.29, 1.82) is 0 Å². The topological polar surface area (TPSA) is 75.5 Å². The van der Waals surface area contributed by atoms with Gasteiger partial charge in [0.15, 0.2) is 0 Å². The molecule has 1 aromatic carbocycles. The fourth-order valence-corrected chi connectivity index (χ4v) is 2.30. The van der Waals surface area contributed by atoms with E-state index in [1.54, 1.807) is 4.90 Å². The van der Waals surface area contributed by atoms with Crippen LogP contribution in [0.2, 0.25) is 0 Å². The van der Waals surface area contributed by atoms with Gasteiger partial charge >= 0.3 is 0 Å². The molecule has 1 amide bonds. The van der Waals surface area contributed by atoms with E-state index in [9.17, 15) is 19.3 Å². The Morgan fingerprint density at radius 3 is 2.75 bits per heavy atom. The number of piperazine rings is 1. The third-order valence-corrected chi connectivity index (χ3v) is 3.44. The fourth-order valence-electron chi connectivity index (χ4n) is 2.30. The van der Waals surface area contributed by atoms with Gasteiger partial charge in [0.05, 0.1) is 22.1 Å². The van der Waals surface area contributed by atoms with Crippen molar-refractivity contribution < 1.29 is 14.1 Å². The molecule has 1 heterocycles. The monoisotopic (exact) mass is 281 g/mol. The zero-order valence-corrected chi connectivity index (χ0v) is 11.4. The van der Waals surface area contributed by atoms with E-state index < -0.39 is 22.2 Å². The van der Waals surface area contributed by atoms with Crippen LogP contribution in [0.4, 0.5) is 10.1 Å². The normalized spacial score (nSPS) is 17.9. The van der Waals surface area contributed by atoms with Crippen LogP contribution in [-0.4, -0.2) is 40.9 Å². The molecule has 0 unspecified atom stereocenters. The molecule has 1 aliphatic rings. The smallest absolute Gasteiger partial charge is 0.272 e. The molecular weight excluding hydrogens is 265 g/mol. The van der Waals surface area contributed by atoms with E-state index >= 15 is 0 Å². The Morgan fingerprint density at radius 1 is 1.50 bits per heavy atom. The standard InChI is InChI=1S/C13H16FN3O3/c1-13(2)8-15-5-6-16(13)12(18)10-4-3-9(17(19)20)7-11(10)14/h3-4,7,15H,5-6,8H2,1-2H3. The summed E-state index contributed by atoms with van der Waals surface area (Å²) >= 11 is 0. The van der Waals surface area contributed by atoms with Crippen molar-refractivity contribution in [2.45, 2.75) is 19.4 Å². The van der Waals surface area contributed by atoms with Gasteiger partial charge in [-0.15, -0.1) is 0 Å². The maximum absolute atomic E-state index is 13.9. The summed E-state index contributed by atoms with van der Waals surface area (Å²) in [4.78, 5) is 23.9. The second-order valence-electron chi connectivity index (χ2n) is 5.37. The Bertz CT molecular complexity index is 560. The molecular formula is C13H16FN3O3. The van der Waals surface area contributed by atoms with E-state index in [2.05, 4.69) is 5.32 Å². The maximum atomic E-state index is 13.9. The molecule has 108 valence electrons. The largest absolute Gasteiger partial charge is 0.331 e. The zero-order valence-electron chi connectivity index (χ0n) is 11.4. The number of rotatable bonds is 2. The minimum absolute atomic E-state index is 0.134. The number of carbonyl (C=O) groups excluding carboxylic acids is 1. The van der Waals surface area contributed by atoms with Crippen LogP contribution in [0.15, 0.2) is 18.2 Å². The molecule has 0 aliphatic carbocycles. The lowest BCUT2D eigenvalue weighted by molar-refractivity contribution is -0.385. The molecule has 0 atom stereocenters. The molecule has 1 fully saturated rings. The number of nitro benzene ring substituents is 1. The molecule has 7 heteroatoms. The lowest BCUT2D eigenvalue weighted by atomic mass is 9.98. The first-order valence-electron chi connectivity index (χ1n) is 6.29. The van der Waals surface area contributed by atoms with Crippen LogP contribution in [0.5, 0.6) is 0 Å². The maximum Gasteiger partial charge on any atom is 0.272 e. The van der Waals surface area contributed by atoms with Gasteiger partial charge in [-0.3, -0.25) is 14.9 Å². The number of halogens is 1. The summed E-state index contributed by atoms with van der Waals surface area (Å²) in [5, 5.41) is 13.7. The first-order chi connectivity index (χ1) is 9.33. The number of carbonyl (C=O) groups is 1. The van der Waals surface area contributed by atoms with Gasteiger partial charge in [-0.05, 0) is 19.9 Å². The van der Waals surface area contributed by atoms with Gasteiger partial charge in [-0.25, -0.2) is 4.39 Å². The Balaban J connectivity index is 2.31. The van der Waals surface area contributed by atoms with Gasteiger partial charge < -0.3 is 10.2 Å². The van der Waals surface area contributed by atoms with Crippen LogP contribution in [0.1, 0.15) is 24.2 Å². The Kier molecular flexibility index (Phi) is 3.71. The first kappa shape index (κ1) is 14.4. The van der Waals surface area contributed by atoms with E-state index in [0.717, 1.165) is 12.1 Å². The van der Waals surface area contributed by atoms with Gasteiger partial charge in [-0.1, -0.05) is 0 Å². The lowest BCUT2D eigenvalue weighted by Gasteiger charge is -2.42. The first-order valence-corrected chi connectivity index (χ1v) is 6.29. The van der Waals surface area contributed by atoms with Gasteiger partial charge in [0, 0.05) is 25.7 Å². The van der Waals surface area contributed by atoms with Crippen molar-refractivity contribution in [2.75, 3.05) is 19.6 Å². The predicted molar refractivity (Wildman–Crippen MR) is 71.0 cm³/mol. The number of nitrogens with zero attached hydrogens (tertiary/aromatic N) is 2. The molecule has 1 aromatic rings. The summed E-state index contributed by atoms with van der Waals surface area (Å²) in [5.74, 6) is -1.30. The van der Waals surface area contributed by atoms with Crippen LogP contribution in [0, 0.1) is 15.9 Å². The average Bonchev–Trinajstić information content (AvgIpc) is 2.37. The van der Waals surface area contributed by atoms with Gasteiger partial charge in [0.2, 0.25) is 0 Å². The highest BCUT2D eigenvalue weighted by molar-refractivity contribution is 5.95. The van der Waals surface area contributed by atoms with Crippen LogP contribution in [0.25, 0.3) is 0 Å². The summed E-state index contributed by atoms with van der Waals surface area (Å²) in [6.45, 7) is 5.51. The Hall–Kier alpha value is -2.02. The Morgan fingerprint density at radius 2 is 2.20 bits per heavy atom. The highest BCUT2D eigenvalue weighted by Gasteiger charge is 2.34. The molecule has 0 radical (unpaired) electrons. The number of hydrogen-bond donors (Lipinski definition) is 1. The average molecular weight is 281 g/mol. The van der Waals surface area contributed by atoms with E-state index in [0.29, 0.717) is 19.6 Å². The molecule has 20 heavy (non-hydrogen) atoms. The highest BCUT2D eigenvalue weighted by atomic mass is 19.1. The number of nitro groups is 1. The van der Waals surface area contributed by atoms with E-state index in [1.807, 2.05) is 13.8 Å². The third-order valence-electron chi connectivity index (χ3n) is 3.44. The van der Waals surface area contributed by atoms with Gasteiger partial charge in [0.25, 0.3) is 11.6 Å². The van der Waals surface area contributed by atoms with Crippen molar-refractivity contribution in [3.8, 4) is 0 Å². The van der Waals surface area contributed by atoms with Crippen molar-refractivity contribution in [3.05, 3.63) is 39.7 Å². The molecule has 2 rings (SSSR count). The fraction of sp³-hybridized carbons (Fsp3) is 0.462. The molecule has 1 N–H and O–H groups in total. The SMILES string of the molecule is CC1(C)CNCCN1C(=O)c1ccc([N+](=O)[O-])cc1F. The van der Waals surface area contributed by atoms with Crippen LogP contribution in [0.3, 0.4) is 0 Å². The van der Waals surface area contributed by atoms with E-state index in [-0.39, 0.29) is 11.3 Å². The second kappa shape index (κ2) is 5.16. The number of non-ortho nitro benzene ring substituents is 1. The third kappa shape index (κ3) is 2.62. The number of hydrogen-bond acceptors (Lipinski definition) is 4. The second-order valence-corrected chi connectivity index (χ2v) is 5.37. The van der Waals surface area contributed by atoms with Crippen LogP contribution >= 0.6 is 0 Å². The molecule has 0 aromatic heterocycles. The molecule has 6 nitrogen and oxygen atoms in total. The molecule has 0 bridgehead atoms.